The number of hydrogen-bond donors (Lipinski definition) is 1. The molecule has 0 bridgehead atoms. The Balaban J connectivity index is 3.80. The van der Waals surface area contributed by atoms with Gasteiger partial charge in [0, 0.05) is 5.54 Å². The first kappa shape index (κ1) is 9.96. The Labute approximate surface area is 65.0 Å². The SMILES string of the molecule is CCC(N)(CC)CC(C)C. The van der Waals surface area contributed by atoms with Crippen LogP contribution in [0.5, 0.6) is 0 Å². The van der Waals surface area contributed by atoms with Gasteiger partial charge in [-0.1, -0.05) is 27.7 Å². The molecule has 1 heteroatoms. The first-order chi connectivity index (χ1) is 4.54. The molecule has 0 rings (SSSR count). The first-order valence-corrected chi connectivity index (χ1v) is 4.33. The molecule has 2 N–H and O–H groups in total. The van der Waals surface area contributed by atoms with Crippen molar-refractivity contribution in [1.82, 2.24) is 0 Å². The van der Waals surface area contributed by atoms with Crippen LogP contribution >= 0.6 is 0 Å². The van der Waals surface area contributed by atoms with E-state index in [2.05, 4.69) is 27.7 Å². The van der Waals surface area contributed by atoms with Gasteiger partial charge in [0.05, 0.1) is 0 Å². The predicted octanol–water partition coefficient (Wildman–Crippen LogP) is 2.55. The second-order valence-corrected chi connectivity index (χ2v) is 3.67. The molecule has 0 aliphatic carbocycles. The van der Waals surface area contributed by atoms with Gasteiger partial charge in [0.25, 0.3) is 0 Å². The van der Waals surface area contributed by atoms with Gasteiger partial charge >= 0.3 is 0 Å². The third-order valence-corrected chi connectivity index (χ3v) is 2.22. The maximum absolute atomic E-state index is 6.10. The van der Waals surface area contributed by atoms with Crippen LogP contribution in [0.25, 0.3) is 0 Å². The molecule has 0 spiro atoms. The molecule has 0 radical (unpaired) electrons. The summed E-state index contributed by atoms with van der Waals surface area (Å²) < 4.78 is 0. The van der Waals surface area contributed by atoms with Crippen molar-refractivity contribution in [2.75, 3.05) is 0 Å². The second kappa shape index (κ2) is 3.97. The molecule has 0 aromatic heterocycles. The highest BCUT2D eigenvalue weighted by molar-refractivity contribution is 4.81. The minimum atomic E-state index is 0.105. The van der Waals surface area contributed by atoms with Gasteiger partial charge in [-0.15, -0.1) is 0 Å². The summed E-state index contributed by atoms with van der Waals surface area (Å²) in [5.41, 5.74) is 6.20. The molecule has 0 fully saturated rings. The molecule has 0 atom stereocenters. The minimum absolute atomic E-state index is 0.105. The van der Waals surface area contributed by atoms with Crippen LogP contribution in [-0.4, -0.2) is 5.54 Å². The fourth-order valence-electron chi connectivity index (χ4n) is 1.35. The molecular formula is C9H21N. The monoisotopic (exact) mass is 143 g/mol. The van der Waals surface area contributed by atoms with Gasteiger partial charge in [0.2, 0.25) is 0 Å². The van der Waals surface area contributed by atoms with Crippen LogP contribution in [0, 0.1) is 5.92 Å². The van der Waals surface area contributed by atoms with E-state index in [0.29, 0.717) is 0 Å². The zero-order valence-corrected chi connectivity index (χ0v) is 7.78. The molecule has 0 saturated heterocycles. The van der Waals surface area contributed by atoms with E-state index in [-0.39, 0.29) is 5.54 Å². The van der Waals surface area contributed by atoms with Gasteiger partial charge in [-0.3, -0.25) is 0 Å². The molecule has 0 amide bonds. The Hall–Kier alpha value is -0.0400. The summed E-state index contributed by atoms with van der Waals surface area (Å²) in [5, 5.41) is 0. The van der Waals surface area contributed by atoms with Crippen molar-refractivity contribution < 1.29 is 0 Å². The average molecular weight is 143 g/mol. The molecule has 0 saturated carbocycles. The fraction of sp³-hybridized carbons (Fsp3) is 1.00. The van der Waals surface area contributed by atoms with E-state index in [4.69, 9.17) is 5.73 Å². The predicted molar refractivity (Wildman–Crippen MR) is 47.0 cm³/mol. The second-order valence-electron chi connectivity index (χ2n) is 3.67. The van der Waals surface area contributed by atoms with E-state index in [1.807, 2.05) is 0 Å². The van der Waals surface area contributed by atoms with Crippen LogP contribution in [0.15, 0.2) is 0 Å². The highest BCUT2D eigenvalue weighted by Crippen LogP contribution is 2.20. The van der Waals surface area contributed by atoms with Crippen LogP contribution in [0.3, 0.4) is 0 Å². The zero-order valence-electron chi connectivity index (χ0n) is 7.78. The molecule has 10 heavy (non-hydrogen) atoms. The summed E-state index contributed by atoms with van der Waals surface area (Å²) in [6, 6.07) is 0. The summed E-state index contributed by atoms with van der Waals surface area (Å²) in [4.78, 5) is 0. The molecule has 0 heterocycles. The Morgan fingerprint density at radius 1 is 1.20 bits per heavy atom. The zero-order chi connectivity index (χ0) is 8.20. The van der Waals surface area contributed by atoms with Crippen molar-refractivity contribution in [2.24, 2.45) is 11.7 Å². The Kier molecular flexibility index (Phi) is 3.95. The van der Waals surface area contributed by atoms with E-state index < -0.39 is 0 Å². The number of rotatable bonds is 4. The van der Waals surface area contributed by atoms with Crippen LogP contribution < -0.4 is 5.73 Å². The Morgan fingerprint density at radius 3 is 1.70 bits per heavy atom. The molecular weight excluding hydrogens is 122 g/mol. The summed E-state index contributed by atoms with van der Waals surface area (Å²) in [7, 11) is 0. The normalized spacial score (nSPS) is 12.6. The fourth-order valence-corrected chi connectivity index (χ4v) is 1.35. The molecule has 0 aliphatic rings. The van der Waals surface area contributed by atoms with Crippen LogP contribution in [0.2, 0.25) is 0 Å². The standard InChI is InChI=1S/C9H21N/c1-5-9(10,6-2)7-8(3)4/h8H,5-7,10H2,1-4H3. The molecule has 0 aromatic carbocycles. The van der Waals surface area contributed by atoms with Gasteiger partial charge < -0.3 is 5.73 Å². The third-order valence-electron chi connectivity index (χ3n) is 2.22. The highest BCUT2D eigenvalue weighted by Gasteiger charge is 2.20. The third kappa shape index (κ3) is 3.21. The number of hydrogen-bond acceptors (Lipinski definition) is 1. The van der Waals surface area contributed by atoms with Crippen LogP contribution in [-0.2, 0) is 0 Å². The largest absolute Gasteiger partial charge is 0.325 e. The van der Waals surface area contributed by atoms with Gasteiger partial charge in [-0.25, -0.2) is 0 Å². The van der Waals surface area contributed by atoms with E-state index in [1.165, 1.54) is 0 Å². The lowest BCUT2D eigenvalue weighted by molar-refractivity contribution is 0.320. The topological polar surface area (TPSA) is 26.0 Å². The van der Waals surface area contributed by atoms with Crippen molar-refractivity contribution in [2.45, 2.75) is 52.5 Å². The average Bonchev–Trinajstić information content (AvgIpc) is 1.87. The maximum atomic E-state index is 6.10. The smallest absolute Gasteiger partial charge is 0.0151 e. The maximum Gasteiger partial charge on any atom is 0.0151 e. The van der Waals surface area contributed by atoms with Crippen molar-refractivity contribution in [1.29, 1.82) is 0 Å². The van der Waals surface area contributed by atoms with Gasteiger partial charge in [0.1, 0.15) is 0 Å². The highest BCUT2D eigenvalue weighted by atomic mass is 14.7. The molecule has 0 unspecified atom stereocenters. The minimum Gasteiger partial charge on any atom is -0.325 e. The van der Waals surface area contributed by atoms with E-state index in [9.17, 15) is 0 Å². The van der Waals surface area contributed by atoms with Crippen molar-refractivity contribution >= 4 is 0 Å². The molecule has 62 valence electrons. The van der Waals surface area contributed by atoms with E-state index >= 15 is 0 Å². The molecule has 0 aliphatic heterocycles. The summed E-state index contributed by atoms with van der Waals surface area (Å²) >= 11 is 0. The van der Waals surface area contributed by atoms with E-state index in [0.717, 1.165) is 25.2 Å². The van der Waals surface area contributed by atoms with Gasteiger partial charge in [0.15, 0.2) is 0 Å². The lowest BCUT2D eigenvalue weighted by Crippen LogP contribution is -2.39. The lowest BCUT2D eigenvalue weighted by atomic mass is 9.85. The number of nitrogens with two attached hydrogens (primary N) is 1. The van der Waals surface area contributed by atoms with Crippen molar-refractivity contribution in [3.8, 4) is 0 Å². The summed E-state index contributed by atoms with van der Waals surface area (Å²) in [6.45, 7) is 8.80. The van der Waals surface area contributed by atoms with Crippen LogP contribution in [0.1, 0.15) is 47.0 Å². The molecule has 1 nitrogen and oxygen atoms in total. The van der Waals surface area contributed by atoms with Gasteiger partial charge in [-0.2, -0.15) is 0 Å². The Bertz CT molecular complexity index is 82.7. The van der Waals surface area contributed by atoms with E-state index in [1.54, 1.807) is 0 Å². The quantitative estimate of drug-likeness (QED) is 0.643. The van der Waals surface area contributed by atoms with Crippen LogP contribution in [0.4, 0.5) is 0 Å². The van der Waals surface area contributed by atoms with Crippen molar-refractivity contribution in [3.63, 3.8) is 0 Å². The first-order valence-electron chi connectivity index (χ1n) is 4.33. The summed E-state index contributed by atoms with van der Waals surface area (Å²) in [6.07, 6.45) is 3.35. The lowest BCUT2D eigenvalue weighted by Gasteiger charge is -2.28. The summed E-state index contributed by atoms with van der Waals surface area (Å²) in [5.74, 6) is 0.727. The van der Waals surface area contributed by atoms with Crippen molar-refractivity contribution in [3.05, 3.63) is 0 Å². The Morgan fingerprint density at radius 2 is 1.60 bits per heavy atom. The van der Waals surface area contributed by atoms with Gasteiger partial charge in [-0.05, 0) is 25.2 Å². The molecule has 0 aromatic rings.